The van der Waals surface area contributed by atoms with Gasteiger partial charge in [0, 0.05) is 37.6 Å². The Bertz CT molecular complexity index is 1060. The first-order valence-electron chi connectivity index (χ1n) is 9.46. The zero-order chi connectivity index (χ0) is 21.5. The van der Waals surface area contributed by atoms with E-state index in [4.69, 9.17) is 0 Å². The van der Waals surface area contributed by atoms with Gasteiger partial charge in [-0.05, 0) is 44.7 Å². The molecular weight excluding hydrogens is 400 g/mol. The monoisotopic (exact) mass is 425 g/mol. The van der Waals surface area contributed by atoms with Crippen LogP contribution in [0.1, 0.15) is 41.5 Å². The van der Waals surface area contributed by atoms with Gasteiger partial charge in [-0.25, -0.2) is 17.2 Å². The molecule has 2 aromatic rings. The van der Waals surface area contributed by atoms with Crippen LogP contribution in [0.25, 0.3) is 0 Å². The third-order valence-electron chi connectivity index (χ3n) is 5.65. The molecule has 0 atom stereocenters. The summed E-state index contributed by atoms with van der Waals surface area (Å²) in [5.74, 6) is -1.67. The maximum Gasteiger partial charge on any atom is 0.264 e. The topological polar surface area (TPSA) is 71.4 Å². The standard InChI is InChI=1S/C20H25F2N3O3S/c1-12-7-9-25(10-8-12)20(26)18-13(2)24(4)14(3)19(18)29(27,28)23-17-6-5-15(21)11-16(17)22/h5-6,11-12,23H,7-10H2,1-4H3. The quantitative estimate of drug-likeness (QED) is 0.814. The van der Waals surface area contributed by atoms with E-state index in [0.29, 0.717) is 36.5 Å². The second-order valence-corrected chi connectivity index (χ2v) is 9.26. The number of hydrogen-bond acceptors (Lipinski definition) is 3. The van der Waals surface area contributed by atoms with E-state index in [2.05, 4.69) is 11.6 Å². The number of benzene rings is 1. The Morgan fingerprint density at radius 3 is 2.34 bits per heavy atom. The lowest BCUT2D eigenvalue weighted by atomic mass is 9.98. The minimum atomic E-state index is -4.29. The molecule has 1 aromatic carbocycles. The zero-order valence-corrected chi connectivity index (χ0v) is 17.7. The number of likely N-dealkylation sites (tertiary alicyclic amines) is 1. The molecule has 1 aliphatic heterocycles. The van der Waals surface area contributed by atoms with Crippen LogP contribution in [0.2, 0.25) is 0 Å². The Morgan fingerprint density at radius 1 is 1.14 bits per heavy atom. The molecule has 158 valence electrons. The van der Waals surface area contributed by atoms with E-state index in [0.717, 1.165) is 25.0 Å². The molecular formula is C20H25F2N3O3S. The van der Waals surface area contributed by atoms with Gasteiger partial charge < -0.3 is 9.47 Å². The van der Waals surface area contributed by atoms with Crippen LogP contribution in [0.4, 0.5) is 14.5 Å². The minimum absolute atomic E-state index is 0.0922. The average molecular weight is 426 g/mol. The highest BCUT2D eigenvalue weighted by molar-refractivity contribution is 7.92. The highest BCUT2D eigenvalue weighted by Crippen LogP contribution is 2.31. The molecule has 1 N–H and O–H groups in total. The summed E-state index contributed by atoms with van der Waals surface area (Å²) in [7, 11) is -2.61. The number of nitrogens with one attached hydrogen (secondary N) is 1. The Labute approximate surface area is 169 Å². The SMILES string of the molecule is Cc1c(C(=O)N2CCC(C)CC2)c(S(=O)(=O)Nc2ccc(F)cc2F)c(C)n1C. The van der Waals surface area contributed by atoms with E-state index >= 15 is 0 Å². The molecule has 0 unspecified atom stereocenters. The summed E-state index contributed by atoms with van der Waals surface area (Å²) in [4.78, 5) is 14.7. The van der Waals surface area contributed by atoms with Crippen molar-refractivity contribution in [2.75, 3.05) is 17.8 Å². The summed E-state index contributed by atoms with van der Waals surface area (Å²) in [6.45, 7) is 6.53. The Kier molecular flexibility index (Phi) is 5.71. The number of aromatic nitrogens is 1. The molecule has 0 aliphatic carbocycles. The predicted octanol–water partition coefficient (Wildman–Crippen LogP) is 3.59. The van der Waals surface area contributed by atoms with Gasteiger partial charge >= 0.3 is 0 Å². The number of amides is 1. The van der Waals surface area contributed by atoms with Crippen LogP contribution in [0, 0.1) is 31.4 Å². The maximum absolute atomic E-state index is 14.0. The minimum Gasteiger partial charge on any atom is -0.350 e. The summed E-state index contributed by atoms with van der Waals surface area (Å²) in [5.41, 5.74) is 0.601. The summed E-state index contributed by atoms with van der Waals surface area (Å²) in [5, 5.41) is 0. The predicted molar refractivity (Wildman–Crippen MR) is 106 cm³/mol. The van der Waals surface area contributed by atoms with Crippen molar-refractivity contribution < 1.29 is 22.0 Å². The molecule has 1 aliphatic rings. The van der Waals surface area contributed by atoms with Crippen LogP contribution in [-0.2, 0) is 17.1 Å². The molecule has 1 saturated heterocycles. The van der Waals surface area contributed by atoms with E-state index in [-0.39, 0.29) is 22.1 Å². The van der Waals surface area contributed by atoms with Crippen LogP contribution >= 0.6 is 0 Å². The lowest BCUT2D eigenvalue weighted by Crippen LogP contribution is -2.38. The van der Waals surface area contributed by atoms with E-state index in [1.54, 1.807) is 30.4 Å². The molecule has 0 saturated carbocycles. The van der Waals surface area contributed by atoms with Crippen LogP contribution < -0.4 is 4.72 Å². The van der Waals surface area contributed by atoms with Crippen LogP contribution in [0.3, 0.4) is 0 Å². The number of sulfonamides is 1. The fraction of sp³-hybridized carbons (Fsp3) is 0.450. The average Bonchev–Trinajstić information content (AvgIpc) is 2.89. The molecule has 3 rings (SSSR count). The lowest BCUT2D eigenvalue weighted by molar-refractivity contribution is 0.0692. The van der Waals surface area contributed by atoms with Gasteiger partial charge in [-0.1, -0.05) is 6.92 Å². The molecule has 1 aromatic heterocycles. The number of anilines is 1. The van der Waals surface area contributed by atoms with Crippen molar-refractivity contribution in [2.24, 2.45) is 13.0 Å². The van der Waals surface area contributed by atoms with Gasteiger partial charge in [0.2, 0.25) is 0 Å². The molecule has 1 fully saturated rings. The molecule has 29 heavy (non-hydrogen) atoms. The Hall–Kier alpha value is -2.42. The van der Waals surface area contributed by atoms with E-state index in [1.807, 2.05) is 0 Å². The number of carbonyl (C=O) groups excluding carboxylic acids is 1. The first kappa shape index (κ1) is 21.3. The number of hydrogen-bond donors (Lipinski definition) is 1. The molecule has 2 heterocycles. The van der Waals surface area contributed by atoms with Crippen molar-refractivity contribution in [1.29, 1.82) is 0 Å². The van der Waals surface area contributed by atoms with E-state index < -0.39 is 21.7 Å². The third-order valence-corrected chi connectivity index (χ3v) is 7.18. The molecule has 0 radical (unpaired) electrons. The van der Waals surface area contributed by atoms with Crippen LogP contribution in [-0.4, -0.2) is 36.9 Å². The van der Waals surface area contributed by atoms with Crippen molar-refractivity contribution in [1.82, 2.24) is 9.47 Å². The molecule has 6 nitrogen and oxygen atoms in total. The fourth-order valence-corrected chi connectivity index (χ4v) is 5.22. The first-order valence-corrected chi connectivity index (χ1v) is 10.9. The van der Waals surface area contributed by atoms with Gasteiger partial charge in [-0.3, -0.25) is 9.52 Å². The van der Waals surface area contributed by atoms with Crippen molar-refractivity contribution >= 4 is 21.6 Å². The van der Waals surface area contributed by atoms with Crippen molar-refractivity contribution in [3.8, 4) is 0 Å². The number of rotatable bonds is 4. The summed E-state index contributed by atoms with van der Waals surface area (Å²) in [6.07, 6.45) is 1.72. The Morgan fingerprint density at radius 2 is 1.76 bits per heavy atom. The van der Waals surface area contributed by atoms with Crippen LogP contribution in [0.5, 0.6) is 0 Å². The smallest absolute Gasteiger partial charge is 0.264 e. The van der Waals surface area contributed by atoms with E-state index in [9.17, 15) is 22.0 Å². The second kappa shape index (κ2) is 7.78. The van der Waals surface area contributed by atoms with Gasteiger partial charge in [0.25, 0.3) is 15.9 Å². The summed E-state index contributed by atoms with van der Waals surface area (Å²) >= 11 is 0. The summed E-state index contributed by atoms with van der Waals surface area (Å²) in [6, 6.07) is 2.58. The normalized spacial score (nSPS) is 15.6. The molecule has 9 heteroatoms. The van der Waals surface area contributed by atoms with Crippen molar-refractivity contribution in [3.05, 3.63) is 46.8 Å². The van der Waals surface area contributed by atoms with Crippen LogP contribution in [0.15, 0.2) is 23.1 Å². The molecule has 0 bridgehead atoms. The highest BCUT2D eigenvalue weighted by Gasteiger charge is 2.34. The number of carbonyl (C=O) groups is 1. The van der Waals surface area contributed by atoms with Gasteiger partial charge in [0.1, 0.15) is 16.5 Å². The van der Waals surface area contributed by atoms with Gasteiger partial charge in [0.05, 0.1) is 11.3 Å². The lowest BCUT2D eigenvalue weighted by Gasteiger charge is -2.30. The van der Waals surface area contributed by atoms with Gasteiger partial charge in [-0.2, -0.15) is 0 Å². The fourth-order valence-electron chi connectivity index (χ4n) is 3.64. The first-order chi connectivity index (χ1) is 13.5. The Balaban J connectivity index is 2.04. The second-order valence-electron chi connectivity index (χ2n) is 7.64. The van der Waals surface area contributed by atoms with Crippen molar-refractivity contribution in [2.45, 2.75) is 38.5 Å². The highest BCUT2D eigenvalue weighted by atomic mass is 32.2. The third kappa shape index (κ3) is 4.01. The van der Waals surface area contributed by atoms with E-state index in [1.165, 1.54) is 0 Å². The molecule has 1 amide bonds. The van der Waals surface area contributed by atoms with Crippen molar-refractivity contribution in [3.63, 3.8) is 0 Å². The zero-order valence-electron chi connectivity index (χ0n) is 16.9. The van der Waals surface area contributed by atoms with Gasteiger partial charge in [-0.15, -0.1) is 0 Å². The van der Waals surface area contributed by atoms with Gasteiger partial charge in [0.15, 0.2) is 0 Å². The molecule has 0 spiro atoms. The number of halogens is 2. The largest absolute Gasteiger partial charge is 0.350 e. The number of piperidine rings is 1. The summed E-state index contributed by atoms with van der Waals surface area (Å²) < 4.78 is 57.2. The maximum atomic E-state index is 14.0. The number of nitrogens with zero attached hydrogens (tertiary/aromatic N) is 2.